The first kappa shape index (κ1) is 19.5. The molecule has 2 aromatic rings. The number of rotatable bonds is 8. The Morgan fingerprint density at radius 2 is 1.81 bits per heavy atom. The van der Waals surface area contributed by atoms with Crippen molar-refractivity contribution in [3.8, 4) is 17.2 Å². The number of carbonyl (C=O) groups is 1. The van der Waals surface area contributed by atoms with Crippen LogP contribution in [0.15, 0.2) is 47.4 Å². The minimum absolute atomic E-state index is 0.0650. The SMILES string of the molecule is COc1ccc(OC)c(S(=O)(=O)NNC(=O)COc2ccccc2F)c1. The highest BCUT2D eigenvalue weighted by atomic mass is 32.2. The number of nitrogens with one attached hydrogen (secondary N) is 2. The number of benzene rings is 2. The highest BCUT2D eigenvalue weighted by Gasteiger charge is 2.21. The smallest absolute Gasteiger partial charge is 0.272 e. The second kappa shape index (κ2) is 8.50. The third-order valence-electron chi connectivity index (χ3n) is 3.18. The molecule has 0 aromatic heterocycles. The van der Waals surface area contributed by atoms with Crippen LogP contribution < -0.4 is 24.5 Å². The van der Waals surface area contributed by atoms with Gasteiger partial charge in [-0.15, -0.1) is 4.83 Å². The Kier molecular flexibility index (Phi) is 6.36. The predicted octanol–water partition coefficient (Wildman–Crippen LogP) is 1.23. The van der Waals surface area contributed by atoms with Gasteiger partial charge in [-0.2, -0.15) is 0 Å². The molecule has 0 radical (unpaired) electrons. The monoisotopic (exact) mass is 384 g/mol. The van der Waals surface area contributed by atoms with Crippen LogP contribution in [-0.4, -0.2) is 35.2 Å². The van der Waals surface area contributed by atoms with E-state index in [1.165, 1.54) is 56.7 Å². The van der Waals surface area contributed by atoms with Crippen LogP contribution in [0.5, 0.6) is 17.2 Å². The number of methoxy groups -OCH3 is 2. The summed E-state index contributed by atoms with van der Waals surface area (Å²) in [6.45, 7) is -0.585. The van der Waals surface area contributed by atoms with E-state index in [0.29, 0.717) is 5.75 Å². The molecule has 0 aliphatic rings. The van der Waals surface area contributed by atoms with E-state index in [1.807, 2.05) is 10.3 Å². The molecule has 0 unspecified atom stereocenters. The fourth-order valence-corrected chi connectivity index (χ4v) is 2.96. The number of hydrazine groups is 1. The van der Waals surface area contributed by atoms with Crippen LogP contribution in [0.4, 0.5) is 4.39 Å². The van der Waals surface area contributed by atoms with Crippen LogP contribution >= 0.6 is 0 Å². The van der Waals surface area contributed by atoms with Crippen LogP contribution in [0.1, 0.15) is 0 Å². The van der Waals surface area contributed by atoms with Crippen molar-refractivity contribution in [3.05, 3.63) is 48.3 Å². The normalized spacial score (nSPS) is 10.9. The molecule has 0 atom stereocenters. The van der Waals surface area contributed by atoms with Crippen LogP contribution in [0.3, 0.4) is 0 Å². The van der Waals surface area contributed by atoms with Gasteiger partial charge in [0.1, 0.15) is 16.4 Å². The number of amides is 1. The molecule has 0 heterocycles. The predicted molar refractivity (Wildman–Crippen MR) is 89.9 cm³/mol. The van der Waals surface area contributed by atoms with Gasteiger partial charge in [0.15, 0.2) is 18.2 Å². The topological polar surface area (TPSA) is 103 Å². The summed E-state index contributed by atoms with van der Waals surface area (Å²) in [6.07, 6.45) is 0. The molecule has 0 aliphatic carbocycles. The largest absolute Gasteiger partial charge is 0.497 e. The number of para-hydroxylation sites is 1. The highest BCUT2D eigenvalue weighted by molar-refractivity contribution is 7.89. The molecule has 0 saturated carbocycles. The maximum atomic E-state index is 13.4. The first-order chi connectivity index (χ1) is 12.4. The summed E-state index contributed by atoms with van der Waals surface area (Å²) in [6, 6.07) is 9.70. The van der Waals surface area contributed by atoms with Crippen molar-refractivity contribution in [1.82, 2.24) is 10.3 Å². The molecule has 140 valence electrons. The Bertz CT molecular complexity index is 888. The lowest BCUT2D eigenvalue weighted by Crippen LogP contribution is -2.43. The molecule has 1 amide bonds. The minimum atomic E-state index is -4.14. The fourth-order valence-electron chi connectivity index (χ4n) is 1.91. The Balaban J connectivity index is 2.01. The van der Waals surface area contributed by atoms with Crippen molar-refractivity contribution in [2.45, 2.75) is 4.90 Å². The Morgan fingerprint density at radius 1 is 1.08 bits per heavy atom. The zero-order chi connectivity index (χ0) is 19.2. The lowest BCUT2D eigenvalue weighted by Gasteiger charge is -2.13. The summed E-state index contributed by atoms with van der Waals surface area (Å²) in [5.74, 6) is -1.23. The zero-order valence-electron chi connectivity index (χ0n) is 14.0. The van der Waals surface area contributed by atoms with Crippen molar-refractivity contribution < 1.29 is 31.8 Å². The molecular formula is C16H17FN2O6S. The van der Waals surface area contributed by atoms with Crippen molar-refractivity contribution in [3.63, 3.8) is 0 Å². The van der Waals surface area contributed by atoms with Gasteiger partial charge in [0.2, 0.25) is 0 Å². The molecule has 0 fully saturated rings. The van der Waals surface area contributed by atoms with E-state index in [-0.39, 0.29) is 16.4 Å². The standard InChI is InChI=1S/C16H17FN2O6S/c1-23-11-7-8-14(24-2)15(9-11)26(21,22)19-18-16(20)10-25-13-6-4-3-5-12(13)17/h3-9,19H,10H2,1-2H3,(H,18,20). The van der Waals surface area contributed by atoms with E-state index in [9.17, 15) is 17.6 Å². The number of halogens is 1. The van der Waals surface area contributed by atoms with Gasteiger partial charge in [0.05, 0.1) is 14.2 Å². The average Bonchev–Trinajstić information content (AvgIpc) is 2.65. The summed E-state index contributed by atoms with van der Waals surface area (Å²) in [4.78, 5) is 13.4. The maximum Gasteiger partial charge on any atom is 0.272 e. The first-order valence-electron chi connectivity index (χ1n) is 7.27. The first-order valence-corrected chi connectivity index (χ1v) is 8.75. The fraction of sp³-hybridized carbons (Fsp3) is 0.188. The van der Waals surface area contributed by atoms with Crippen LogP contribution in [0, 0.1) is 5.82 Å². The summed E-state index contributed by atoms with van der Waals surface area (Å²) < 4.78 is 53.1. The van der Waals surface area contributed by atoms with Crippen molar-refractivity contribution in [1.29, 1.82) is 0 Å². The van der Waals surface area contributed by atoms with E-state index in [1.54, 1.807) is 0 Å². The third kappa shape index (κ3) is 4.83. The average molecular weight is 384 g/mol. The second-order valence-corrected chi connectivity index (χ2v) is 6.54. The van der Waals surface area contributed by atoms with Gasteiger partial charge in [-0.1, -0.05) is 12.1 Å². The minimum Gasteiger partial charge on any atom is -0.497 e. The number of hydrogen-bond donors (Lipinski definition) is 2. The molecule has 2 rings (SSSR count). The van der Waals surface area contributed by atoms with Gasteiger partial charge in [-0.25, -0.2) is 12.8 Å². The number of sulfonamides is 1. The van der Waals surface area contributed by atoms with Crippen LogP contribution in [-0.2, 0) is 14.8 Å². The van der Waals surface area contributed by atoms with Gasteiger partial charge < -0.3 is 14.2 Å². The summed E-state index contributed by atoms with van der Waals surface area (Å²) in [7, 11) is -1.45. The van der Waals surface area contributed by atoms with E-state index < -0.39 is 28.4 Å². The molecule has 2 aromatic carbocycles. The van der Waals surface area contributed by atoms with Crippen LogP contribution in [0.25, 0.3) is 0 Å². The lowest BCUT2D eigenvalue weighted by molar-refractivity contribution is -0.123. The Labute approximate surface area is 149 Å². The quantitative estimate of drug-likeness (QED) is 0.664. The highest BCUT2D eigenvalue weighted by Crippen LogP contribution is 2.27. The van der Waals surface area contributed by atoms with Crippen LogP contribution in [0.2, 0.25) is 0 Å². The number of ether oxygens (including phenoxy) is 3. The molecule has 10 heteroatoms. The summed E-state index contributed by atoms with van der Waals surface area (Å²) >= 11 is 0. The molecule has 0 saturated heterocycles. The lowest BCUT2D eigenvalue weighted by atomic mass is 10.3. The van der Waals surface area contributed by atoms with Gasteiger partial charge in [-0.3, -0.25) is 10.2 Å². The van der Waals surface area contributed by atoms with Gasteiger partial charge in [0.25, 0.3) is 15.9 Å². The summed E-state index contributed by atoms with van der Waals surface area (Å²) in [5.41, 5.74) is 1.98. The Morgan fingerprint density at radius 3 is 2.46 bits per heavy atom. The molecule has 2 N–H and O–H groups in total. The summed E-state index contributed by atoms with van der Waals surface area (Å²) in [5, 5.41) is 0. The third-order valence-corrected chi connectivity index (χ3v) is 4.45. The van der Waals surface area contributed by atoms with Gasteiger partial charge >= 0.3 is 0 Å². The Hall–Kier alpha value is -2.85. The van der Waals surface area contributed by atoms with Crippen molar-refractivity contribution in [2.75, 3.05) is 20.8 Å². The van der Waals surface area contributed by atoms with E-state index in [2.05, 4.69) is 0 Å². The van der Waals surface area contributed by atoms with Gasteiger partial charge in [-0.05, 0) is 24.3 Å². The zero-order valence-corrected chi connectivity index (χ0v) is 14.8. The molecule has 0 aliphatic heterocycles. The second-order valence-electron chi connectivity index (χ2n) is 4.89. The van der Waals surface area contributed by atoms with Crippen molar-refractivity contribution >= 4 is 15.9 Å². The maximum absolute atomic E-state index is 13.4. The molecule has 26 heavy (non-hydrogen) atoms. The van der Waals surface area contributed by atoms with Crippen molar-refractivity contribution in [2.24, 2.45) is 0 Å². The van der Waals surface area contributed by atoms with E-state index in [4.69, 9.17) is 14.2 Å². The molecule has 0 spiro atoms. The number of carbonyl (C=O) groups excluding carboxylic acids is 1. The molecule has 0 bridgehead atoms. The molecular weight excluding hydrogens is 367 g/mol. The molecule has 8 nitrogen and oxygen atoms in total. The van der Waals surface area contributed by atoms with Gasteiger partial charge in [0, 0.05) is 6.07 Å². The van der Waals surface area contributed by atoms with E-state index in [0.717, 1.165) is 0 Å². The van der Waals surface area contributed by atoms with E-state index >= 15 is 0 Å². The number of hydrogen-bond acceptors (Lipinski definition) is 6.